The molecule has 0 aromatic heterocycles. The zero-order valence-electron chi connectivity index (χ0n) is 8.52. The van der Waals surface area contributed by atoms with Crippen LogP contribution in [-0.2, 0) is 19.7 Å². The van der Waals surface area contributed by atoms with Crippen LogP contribution in [0.3, 0.4) is 0 Å². The summed E-state index contributed by atoms with van der Waals surface area (Å²) in [4.78, 5) is 21.5. The molecule has 15 heavy (non-hydrogen) atoms. The molecule has 6 nitrogen and oxygen atoms in total. The molecule has 0 radical (unpaired) electrons. The second-order valence-corrected chi connectivity index (χ2v) is 4.76. The fraction of sp³-hybridized carbons (Fsp3) is 0.750. The van der Waals surface area contributed by atoms with E-state index in [4.69, 9.17) is 4.55 Å². The first kappa shape index (κ1) is 14.1. The first-order valence-corrected chi connectivity index (χ1v) is 6.13. The second-order valence-electron chi connectivity index (χ2n) is 3.19. The SMILES string of the molecule is CC(=O)CCC(=O)NCCCS(=O)(=O)O. The van der Waals surface area contributed by atoms with Gasteiger partial charge in [0.05, 0.1) is 5.75 Å². The molecule has 0 aromatic rings. The number of nitrogens with one attached hydrogen (secondary N) is 1. The molecule has 0 saturated carbocycles. The number of Topliss-reactive ketones (excluding diaryl/α,β-unsaturated/α-hetero) is 1. The van der Waals surface area contributed by atoms with Crippen molar-refractivity contribution in [1.82, 2.24) is 5.32 Å². The summed E-state index contributed by atoms with van der Waals surface area (Å²) in [5.74, 6) is -0.733. The maximum atomic E-state index is 11.0. The highest BCUT2D eigenvalue weighted by atomic mass is 32.2. The monoisotopic (exact) mass is 237 g/mol. The lowest BCUT2D eigenvalue weighted by Crippen LogP contribution is -2.26. The van der Waals surface area contributed by atoms with Gasteiger partial charge in [0.2, 0.25) is 5.91 Å². The van der Waals surface area contributed by atoms with Crippen molar-refractivity contribution in [2.45, 2.75) is 26.2 Å². The molecular formula is C8H15NO5S. The van der Waals surface area contributed by atoms with Gasteiger partial charge in [-0.1, -0.05) is 0 Å². The van der Waals surface area contributed by atoms with Crippen LogP contribution >= 0.6 is 0 Å². The van der Waals surface area contributed by atoms with Crippen molar-refractivity contribution >= 4 is 21.8 Å². The van der Waals surface area contributed by atoms with E-state index < -0.39 is 10.1 Å². The third kappa shape index (κ3) is 11.0. The van der Waals surface area contributed by atoms with E-state index >= 15 is 0 Å². The fourth-order valence-electron chi connectivity index (χ4n) is 0.860. The summed E-state index contributed by atoms with van der Waals surface area (Å²) in [6, 6.07) is 0. The number of rotatable bonds is 7. The number of carbonyl (C=O) groups excluding carboxylic acids is 2. The molecule has 88 valence electrons. The molecule has 0 aliphatic carbocycles. The molecule has 0 unspecified atom stereocenters. The highest BCUT2D eigenvalue weighted by Crippen LogP contribution is 1.91. The molecule has 0 bridgehead atoms. The summed E-state index contributed by atoms with van der Waals surface area (Å²) < 4.78 is 29.0. The molecule has 0 fully saturated rings. The quantitative estimate of drug-likeness (QED) is 0.469. The van der Waals surface area contributed by atoms with E-state index in [2.05, 4.69) is 5.32 Å². The van der Waals surface area contributed by atoms with Crippen molar-refractivity contribution < 1.29 is 22.6 Å². The van der Waals surface area contributed by atoms with Crippen molar-refractivity contribution in [1.29, 1.82) is 0 Å². The van der Waals surface area contributed by atoms with Gasteiger partial charge in [-0.3, -0.25) is 9.35 Å². The fourth-order valence-corrected chi connectivity index (χ4v) is 1.37. The Labute approximate surface area is 88.8 Å². The van der Waals surface area contributed by atoms with E-state index in [0.717, 1.165) is 0 Å². The van der Waals surface area contributed by atoms with Gasteiger partial charge in [0.1, 0.15) is 5.78 Å². The van der Waals surface area contributed by atoms with Crippen LogP contribution in [0.4, 0.5) is 0 Å². The van der Waals surface area contributed by atoms with Crippen molar-refractivity contribution in [2.75, 3.05) is 12.3 Å². The number of hydrogen-bond acceptors (Lipinski definition) is 4. The standard InChI is InChI=1S/C8H15NO5S/c1-7(10)3-4-8(11)9-5-2-6-15(12,13)14/h2-6H2,1H3,(H,9,11)(H,12,13,14). The van der Waals surface area contributed by atoms with Crippen molar-refractivity contribution in [3.8, 4) is 0 Å². The molecule has 0 aliphatic rings. The van der Waals surface area contributed by atoms with Crippen molar-refractivity contribution in [3.63, 3.8) is 0 Å². The average molecular weight is 237 g/mol. The van der Waals surface area contributed by atoms with Gasteiger partial charge in [-0.25, -0.2) is 0 Å². The van der Waals surface area contributed by atoms with Gasteiger partial charge < -0.3 is 10.1 Å². The van der Waals surface area contributed by atoms with Gasteiger partial charge in [-0.15, -0.1) is 0 Å². The first-order valence-electron chi connectivity index (χ1n) is 4.52. The van der Waals surface area contributed by atoms with Gasteiger partial charge in [-0.05, 0) is 13.3 Å². The van der Waals surface area contributed by atoms with E-state index in [0.29, 0.717) is 0 Å². The van der Waals surface area contributed by atoms with Crippen LogP contribution < -0.4 is 5.32 Å². The molecule has 0 aromatic carbocycles. The van der Waals surface area contributed by atoms with E-state index in [1.807, 2.05) is 0 Å². The second kappa shape index (κ2) is 6.52. The Balaban J connectivity index is 3.52. The van der Waals surface area contributed by atoms with E-state index in [-0.39, 0.29) is 43.3 Å². The largest absolute Gasteiger partial charge is 0.356 e. The van der Waals surface area contributed by atoms with Crippen LogP contribution in [0.15, 0.2) is 0 Å². The predicted molar refractivity (Wildman–Crippen MR) is 54.0 cm³/mol. The lowest BCUT2D eigenvalue weighted by atomic mass is 10.2. The number of carbonyl (C=O) groups is 2. The molecule has 0 rings (SSSR count). The van der Waals surface area contributed by atoms with Gasteiger partial charge >= 0.3 is 0 Å². The van der Waals surface area contributed by atoms with E-state index in [9.17, 15) is 18.0 Å². The summed E-state index contributed by atoms with van der Waals surface area (Å²) in [5, 5.41) is 2.44. The van der Waals surface area contributed by atoms with Gasteiger partial charge in [0, 0.05) is 19.4 Å². The maximum absolute atomic E-state index is 11.0. The molecule has 0 heterocycles. The Morgan fingerprint density at radius 2 is 1.87 bits per heavy atom. The number of amides is 1. The summed E-state index contributed by atoms with van der Waals surface area (Å²) in [7, 11) is -3.95. The topological polar surface area (TPSA) is 101 Å². The summed E-state index contributed by atoms with van der Waals surface area (Å²) in [6.45, 7) is 1.57. The molecule has 0 spiro atoms. The predicted octanol–water partition coefficient (Wildman–Crippen LogP) is -0.250. The summed E-state index contributed by atoms with van der Waals surface area (Å²) in [5.41, 5.74) is 0. The molecular weight excluding hydrogens is 222 g/mol. The van der Waals surface area contributed by atoms with E-state index in [1.54, 1.807) is 0 Å². The molecule has 7 heteroatoms. The maximum Gasteiger partial charge on any atom is 0.264 e. The van der Waals surface area contributed by atoms with Crippen LogP contribution in [0.2, 0.25) is 0 Å². The highest BCUT2D eigenvalue weighted by Gasteiger charge is 2.05. The zero-order valence-corrected chi connectivity index (χ0v) is 9.34. The highest BCUT2D eigenvalue weighted by molar-refractivity contribution is 7.85. The van der Waals surface area contributed by atoms with Crippen LogP contribution in [0.1, 0.15) is 26.2 Å². The molecule has 0 saturated heterocycles. The first-order chi connectivity index (χ1) is 6.81. The summed E-state index contributed by atoms with van der Waals surface area (Å²) >= 11 is 0. The molecule has 1 amide bonds. The zero-order chi connectivity index (χ0) is 11.9. The minimum Gasteiger partial charge on any atom is -0.356 e. The van der Waals surface area contributed by atoms with Gasteiger partial charge in [-0.2, -0.15) is 8.42 Å². The van der Waals surface area contributed by atoms with Crippen LogP contribution in [0, 0.1) is 0 Å². The Hall–Kier alpha value is -0.950. The lowest BCUT2D eigenvalue weighted by Gasteiger charge is -2.02. The Morgan fingerprint density at radius 3 is 2.33 bits per heavy atom. The third-order valence-electron chi connectivity index (χ3n) is 1.61. The van der Waals surface area contributed by atoms with Gasteiger partial charge in [0.25, 0.3) is 10.1 Å². The van der Waals surface area contributed by atoms with Crippen LogP contribution in [0.5, 0.6) is 0 Å². The lowest BCUT2D eigenvalue weighted by molar-refractivity contribution is -0.124. The van der Waals surface area contributed by atoms with Crippen LogP contribution in [-0.4, -0.2) is 37.0 Å². The number of hydrogen-bond donors (Lipinski definition) is 2. The average Bonchev–Trinajstić information content (AvgIpc) is 2.07. The Bertz CT molecular complexity index is 322. The third-order valence-corrected chi connectivity index (χ3v) is 2.41. The van der Waals surface area contributed by atoms with Crippen LogP contribution in [0.25, 0.3) is 0 Å². The van der Waals surface area contributed by atoms with E-state index in [1.165, 1.54) is 6.92 Å². The molecule has 2 N–H and O–H groups in total. The Morgan fingerprint density at radius 1 is 1.27 bits per heavy atom. The molecule has 0 aliphatic heterocycles. The van der Waals surface area contributed by atoms with Crippen molar-refractivity contribution in [2.24, 2.45) is 0 Å². The molecule has 0 atom stereocenters. The minimum absolute atomic E-state index is 0.0666. The Kier molecular flexibility index (Phi) is 6.11. The smallest absolute Gasteiger partial charge is 0.264 e. The minimum atomic E-state index is -3.95. The van der Waals surface area contributed by atoms with Gasteiger partial charge in [0.15, 0.2) is 0 Å². The summed E-state index contributed by atoms with van der Waals surface area (Å²) in [6.07, 6.45) is 0.454. The number of ketones is 1. The normalized spacial score (nSPS) is 11.1. The van der Waals surface area contributed by atoms with Crippen molar-refractivity contribution in [3.05, 3.63) is 0 Å².